The molecule has 3 N–H and O–H groups in total. The molecule has 2 atom stereocenters. The number of nitrogens with one attached hydrogen (secondary N) is 1. The van der Waals surface area contributed by atoms with Crippen molar-refractivity contribution in [3.05, 3.63) is 65.2 Å². The fourth-order valence-electron chi connectivity index (χ4n) is 4.23. The summed E-state index contributed by atoms with van der Waals surface area (Å²) in [4.78, 5) is 10.3. The van der Waals surface area contributed by atoms with Crippen LogP contribution >= 0.6 is 0 Å². The molecule has 0 aromatic heterocycles. The van der Waals surface area contributed by atoms with Gasteiger partial charge in [-0.05, 0) is 74.8 Å². The number of hydrogen-bond donors (Lipinski definition) is 3. The molecule has 0 aliphatic rings. The molecule has 11 heteroatoms. The summed E-state index contributed by atoms with van der Waals surface area (Å²) in [6.07, 6.45) is -3.46. The van der Waals surface area contributed by atoms with Crippen LogP contribution in [0.1, 0.15) is 69.1 Å². The van der Waals surface area contributed by atoms with Crippen LogP contribution in [0, 0.1) is 0 Å². The van der Waals surface area contributed by atoms with Crippen LogP contribution in [0.25, 0.3) is 0 Å². The van der Waals surface area contributed by atoms with Crippen LogP contribution in [0.3, 0.4) is 0 Å². The Balaban J connectivity index is 2.06. The second kappa shape index (κ2) is 13.7. The number of aryl methyl sites for hydroxylation is 1. The van der Waals surface area contributed by atoms with Crippen LogP contribution < -0.4 is 5.32 Å². The Hall–Kier alpha value is -2.47. The molecule has 2 rings (SSSR count). The van der Waals surface area contributed by atoms with E-state index in [1.807, 2.05) is 32.0 Å². The van der Waals surface area contributed by atoms with E-state index >= 15 is 0 Å². The van der Waals surface area contributed by atoms with Gasteiger partial charge >= 0.3 is 12.1 Å². The zero-order valence-electron chi connectivity index (χ0n) is 22.8. The highest BCUT2D eigenvalue weighted by Crippen LogP contribution is 2.35. The highest BCUT2D eigenvalue weighted by molar-refractivity contribution is 7.89. The third kappa shape index (κ3) is 10.6. The minimum atomic E-state index is -4.79. The molecule has 0 heterocycles. The molecular weight excluding hydrogens is 533 g/mol. The monoisotopic (exact) mass is 572 g/mol. The van der Waals surface area contributed by atoms with Crippen molar-refractivity contribution in [1.29, 1.82) is 0 Å². The summed E-state index contributed by atoms with van der Waals surface area (Å²) >= 11 is 0. The fraction of sp³-hybridized carbons (Fsp3) is 0.536. The van der Waals surface area contributed by atoms with E-state index < -0.39 is 44.6 Å². The minimum Gasteiger partial charge on any atom is -0.481 e. The van der Waals surface area contributed by atoms with Crippen LogP contribution in [0.5, 0.6) is 0 Å². The number of β-amino-alcohol motifs (C(OH)–C–C–N with tert-alkyl or cyclic N) is 1. The molecule has 2 aromatic rings. The molecule has 0 saturated carbocycles. The summed E-state index contributed by atoms with van der Waals surface area (Å²) < 4.78 is 67.9. The van der Waals surface area contributed by atoms with Gasteiger partial charge in [-0.2, -0.15) is 17.5 Å². The Labute approximate surface area is 229 Å². The van der Waals surface area contributed by atoms with Gasteiger partial charge in [-0.25, -0.2) is 8.42 Å². The van der Waals surface area contributed by atoms with Gasteiger partial charge in [0.2, 0.25) is 10.0 Å². The highest BCUT2D eigenvalue weighted by atomic mass is 32.2. The van der Waals surface area contributed by atoms with Crippen molar-refractivity contribution in [3.63, 3.8) is 0 Å². The van der Waals surface area contributed by atoms with E-state index in [-0.39, 0.29) is 37.0 Å². The molecule has 0 aliphatic carbocycles. The second-order valence-electron chi connectivity index (χ2n) is 10.7. The van der Waals surface area contributed by atoms with Gasteiger partial charge in [0.05, 0.1) is 16.6 Å². The molecule has 0 spiro atoms. The summed E-state index contributed by atoms with van der Waals surface area (Å²) in [5.74, 6) is -1.70. The molecule has 218 valence electrons. The zero-order chi connectivity index (χ0) is 29.4. The number of benzene rings is 2. The van der Waals surface area contributed by atoms with E-state index in [2.05, 4.69) is 17.4 Å². The van der Waals surface area contributed by atoms with E-state index in [4.69, 9.17) is 5.11 Å². The average molecular weight is 573 g/mol. The number of carbonyl (C=O) groups is 1. The third-order valence-electron chi connectivity index (χ3n) is 6.72. The van der Waals surface area contributed by atoms with Gasteiger partial charge in [0, 0.05) is 32.1 Å². The van der Waals surface area contributed by atoms with Crippen LogP contribution in [0.4, 0.5) is 13.2 Å². The molecular formula is C28H39F3N2O5S. The van der Waals surface area contributed by atoms with Gasteiger partial charge < -0.3 is 15.5 Å². The van der Waals surface area contributed by atoms with Crippen molar-refractivity contribution in [1.82, 2.24) is 9.62 Å². The van der Waals surface area contributed by atoms with Crippen molar-refractivity contribution in [2.75, 3.05) is 20.1 Å². The Bertz CT molecular complexity index is 1190. The maximum atomic E-state index is 13.6. The number of rotatable bonds is 15. The van der Waals surface area contributed by atoms with E-state index in [0.29, 0.717) is 6.07 Å². The van der Waals surface area contributed by atoms with Crippen LogP contribution in [0.2, 0.25) is 0 Å². The average Bonchev–Trinajstić information content (AvgIpc) is 2.85. The highest BCUT2D eigenvalue weighted by Gasteiger charge is 2.34. The molecule has 0 saturated heterocycles. The van der Waals surface area contributed by atoms with Gasteiger partial charge in [0.1, 0.15) is 0 Å². The van der Waals surface area contributed by atoms with E-state index in [0.717, 1.165) is 35.7 Å². The quantitative estimate of drug-likeness (QED) is 0.276. The lowest BCUT2D eigenvalue weighted by Gasteiger charge is -2.29. The lowest BCUT2D eigenvalue weighted by molar-refractivity contribution is -0.138. The predicted octanol–water partition coefficient (Wildman–Crippen LogP) is 5.05. The van der Waals surface area contributed by atoms with Crippen molar-refractivity contribution in [2.45, 2.75) is 81.5 Å². The number of likely N-dealkylation sites (N-methyl/N-ethyl adjacent to an activating group) is 1. The maximum absolute atomic E-state index is 13.6. The first-order valence-electron chi connectivity index (χ1n) is 12.9. The molecule has 1 unspecified atom stereocenters. The number of aliphatic hydroxyl groups is 1. The predicted molar refractivity (Wildman–Crippen MR) is 144 cm³/mol. The molecule has 0 aliphatic heterocycles. The zero-order valence-corrected chi connectivity index (χ0v) is 23.6. The van der Waals surface area contributed by atoms with E-state index in [9.17, 15) is 31.5 Å². The van der Waals surface area contributed by atoms with Gasteiger partial charge in [0.25, 0.3) is 0 Å². The van der Waals surface area contributed by atoms with Crippen LogP contribution in [-0.2, 0) is 27.4 Å². The number of aliphatic hydroxyl groups excluding tert-OH is 1. The largest absolute Gasteiger partial charge is 0.481 e. The number of alkyl halides is 3. The lowest BCUT2D eigenvalue weighted by Crippen LogP contribution is -2.46. The minimum absolute atomic E-state index is 0.0531. The summed E-state index contributed by atoms with van der Waals surface area (Å²) in [7, 11) is -3.17. The molecule has 7 nitrogen and oxygen atoms in total. The van der Waals surface area contributed by atoms with Gasteiger partial charge in [-0.1, -0.05) is 37.3 Å². The first kappa shape index (κ1) is 32.7. The molecule has 0 bridgehead atoms. The van der Waals surface area contributed by atoms with Gasteiger partial charge in [-0.15, -0.1) is 0 Å². The van der Waals surface area contributed by atoms with Crippen molar-refractivity contribution >= 4 is 16.0 Å². The number of sulfonamides is 1. The number of nitrogens with zero attached hydrogens (tertiary/aromatic N) is 1. The summed E-state index contributed by atoms with van der Waals surface area (Å²) in [5.41, 5.74) is -0.143. The number of carboxylic acids is 1. The van der Waals surface area contributed by atoms with E-state index in [1.54, 1.807) is 6.92 Å². The Morgan fingerprint density at radius 2 is 1.74 bits per heavy atom. The number of aliphatic carboxylic acids is 1. The number of carboxylic acid groups (broad SMARTS) is 1. The standard InChI is InChI=1S/C28H39F3N2O5S/c1-20(12-13-26(35)36)22-15-23(28(29,30)31)17-25(16-22)39(37,38)33(4)19-24(34)18-32-27(2,3)14-8-11-21-9-6-5-7-10-21/h5-7,9-10,15-17,20,24,32,34H,8,11-14,18-19H2,1-4H3,(H,35,36)/t20?,24-/m1/s1. The molecule has 2 aromatic carbocycles. The SMILES string of the molecule is CC(CCC(=O)O)c1cc(C(F)(F)F)cc(S(=O)(=O)N(C)C[C@H](O)CNC(C)(C)CCCc2ccccc2)c1. The fourth-order valence-corrected chi connectivity index (χ4v) is 5.52. The third-order valence-corrected chi connectivity index (χ3v) is 8.52. The topological polar surface area (TPSA) is 107 Å². The van der Waals surface area contributed by atoms with Crippen molar-refractivity contribution in [2.24, 2.45) is 0 Å². The van der Waals surface area contributed by atoms with Crippen molar-refractivity contribution in [3.8, 4) is 0 Å². The number of hydrogen-bond acceptors (Lipinski definition) is 5. The van der Waals surface area contributed by atoms with Crippen molar-refractivity contribution < 1.29 is 36.6 Å². The summed E-state index contributed by atoms with van der Waals surface area (Å²) in [5, 5.41) is 22.7. The van der Waals surface area contributed by atoms with Crippen LogP contribution in [-0.4, -0.2) is 60.7 Å². The first-order valence-corrected chi connectivity index (χ1v) is 14.3. The van der Waals surface area contributed by atoms with Gasteiger partial charge in [-0.3, -0.25) is 4.79 Å². The Kier molecular flexibility index (Phi) is 11.5. The second-order valence-corrected chi connectivity index (χ2v) is 12.7. The van der Waals surface area contributed by atoms with E-state index in [1.165, 1.54) is 12.6 Å². The Morgan fingerprint density at radius 3 is 2.33 bits per heavy atom. The maximum Gasteiger partial charge on any atom is 0.416 e. The summed E-state index contributed by atoms with van der Waals surface area (Å²) in [6.45, 7) is 5.30. The number of halogens is 3. The first-order chi connectivity index (χ1) is 18.0. The normalized spacial score (nSPS) is 14.4. The summed E-state index contributed by atoms with van der Waals surface area (Å²) in [6, 6.07) is 12.6. The molecule has 39 heavy (non-hydrogen) atoms. The van der Waals surface area contributed by atoms with Crippen LogP contribution in [0.15, 0.2) is 53.4 Å². The smallest absolute Gasteiger partial charge is 0.416 e. The molecule has 0 amide bonds. The molecule has 0 radical (unpaired) electrons. The van der Waals surface area contributed by atoms with Gasteiger partial charge in [0.15, 0.2) is 0 Å². The molecule has 0 fully saturated rings. The lowest BCUT2D eigenvalue weighted by atomic mass is 9.94. The Morgan fingerprint density at radius 1 is 1.10 bits per heavy atom.